The predicted molar refractivity (Wildman–Crippen MR) is 530 cm³/mol. The van der Waals surface area contributed by atoms with E-state index in [9.17, 15) is 50.3 Å². The third-order valence-electron chi connectivity index (χ3n) is 30.7. The summed E-state index contributed by atoms with van der Waals surface area (Å²) in [6, 6.07) is 47.9. The summed E-state index contributed by atoms with van der Waals surface area (Å²) in [6.07, 6.45) is 52.5. The number of hydrogen-bond donors (Lipinski definition) is 0. The number of unbranched alkanes of at least 4 members (excludes halogenated alkanes) is 1. The molecule has 0 unspecified atom stereocenters. The number of nitrogens with zero attached hydrogens (tertiary/aromatic N) is 5. The second kappa shape index (κ2) is 56.5. The van der Waals surface area contributed by atoms with Gasteiger partial charge in [-0.2, -0.15) is 26.3 Å². The highest BCUT2D eigenvalue weighted by molar-refractivity contribution is 5.92. The van der Waals surface area contributed by atoms with Gasteiger partial charge < -0.3 is 23.7 Å². The van der Waals surface area contributed by atoms with Gasteiger partial charge in [0.1, 0.15) is 99.6 Å². The van der Waals surface area contributed by atoms with Crippen molar-refractivity contribution in [3.63, 3.8) is 0 Å². The van der Waals surface area contributed by atoms with Gasteiger partial charge in [0.05, 0.1) is 50.8 Å². The van der Waals surface area contributed by atoms with Gasteiger partial charge >= 0.3 is 29.8 Å². The topological polar surface area (TPSA) is 250 Å². The van der Waals surface area contributed by atoms with Crippen LogP contribution < -0.4 is 23.7 Å². The second-order valence-electron chi connectivity index (χ2n) is 40.2. The maximum atomic E-state index is 13.7. The molecule has 15 rings (SSSR count). The van der Waals surface area contributed by atoms with E-state index in [0.29, 0.717) is 34.4 Å². The van der Waals surface area contributed by atoms with Crippen LogP contribution in [0.2, 0.25) is 0 Å². The maximum Gasteiger partial charge on any atom is 0.343 e. The number of hydrogen-bond acceptors (Lipinski definition) is 15. The summed E-state index contributed by atoms with van der Waals surface area (Å²) in [7, 11) is 0. The van der Waals surface area contributed by atoms with Crippen molar-refractivity contribution in [1.29, 1.82) is 26.3 Å². The quantitative estimate of drug-likeness (QED) is 0.0240. The van der Waals surface area contributed by atoms with Crippen LogP contribution in [0.1, 0.15) is 398 Å². The lowest BCUT2D eigenvalue weighted by Crippen LogP contribution is -2.26. The molecule has 0 heterocycles. The van der Waals surface area contributed by atoms with Crippen LogP contribution in [0, 0.1) is 157 Å². The Morgan fingerprint density at radius 1 is 0.257 bits per heavy atom. The van der Waals surface area contributed by atoms with Crippen molar-refractivity contribution in [3.8, 4) is 59.1 Å². The highest BCUT2D eigenvalue weighted by Crippen LogP contribution is 2.45. The Morgan fingerprint density at radius 2 is 0.493 bits per heavy atom. The molecule has 21 heteroatoms. The Morgan fingerprint density at radius 3 is 0.743 bits per heavy atom. The van der Waals surface area contributed by atoms with Gasteiger partial charge in [-0.05, 0) is 301 Å². The number of carbonyl (C=O) groups is 5. The molecule has 7 saturated carbocycles. The zero-order valence-corrected chi connectivity index (χ0v) is 82.4. The number of nitriles is 5. The Hall–Kier alpha value is -11.9. The molecule has 0 atom stereocenters. The van der Waals surface area contributed by atoms with Crippen LogP contribution >= 0.6 is 0 Å². The number of benzene rings is 8. The molecular weight excluding hydrogens is 1770 g/mol. The van der Waals surface area contributed by atoms with E-state index in [2.05, 4.69) is 34.6 Å². The summed E-state index contributed by atoms with van der Waals surface area (Å²) >= 11 is 0. The van der Waals surface area contributed by atoms with E-state index in [1.807, 2.05) is 36.4 Å². The van der Waals surface area contributed by atoms with Crippen molar-refractivity contribution in [2.24, 2.45) is 65.1 Å². The molecule has 0 aliphatic heterocycles. The molecule has 8 aromatic rings. The van der Waals surface area contributed by atoms with Crippen LogP contribution in [0.4, 0.5) is 26.3 Å². The van der Waals surface area contributed by atoms with Gasteiger partial charge in [-0.25, -0.2) is 40.7 Å². The van der Waals surface area contributed by atoms with E-state index >= 15 is 0 Å². The zero-order chi connectivity index (χ0) is 99.8. The molecule has 7 fully saturated rings. The molecular formula is C119H139F6N5O10. The summed E-state index contributed by atoms with van der Waals surface area (Å²) in [6.45, 7) is 11.3. The first-order valence-electron chi connectivity index (χ1n) is 52.0. The largest absolute Gasteiger partial charge is 0.426 e. The molecule has 140 heavy (non-hydrogen) atoms. The summed E-state index contributed by atoms with van der Waals surface area (Å²) in [5, 5.41) is 43.7. The molecule has 0 aromatic heterocycles. The Bertz CT molecular complexity index is 5520. The smallest absolute Gasteiger partial charge is 0.343 e. The lowest BCUT2D eigenvalue weighted by atomic mass is 9.75. The van der Waals surface area contributed by atoms with E-state index in [-0.39, 0.29) is 74.8 Å². The molecule has 7 aliphatic carbocycles. The molecule has 0 bridgehead atoms. The Labute approximate surface area is 825 Å². The normalized spacial score (nSPS) is 22.5. The molecule has 0 spiro atoms. The van der Waals surface area contributed by atoms with Crippen LogP contribution in [0.25, 0.3) is 0 Å². The number of halogens is 6. The van der Waals surface area contributed by atoms with Gasteiger partial charge in [0.2, 0.25) is 0 Å². The van der Waals surface area contributed by atoms with Crippen LogP contribution in [-0.2, 0) is 9.59 Å². The van der Waals surface area contributed by atoms with Crippen LogP contribution in [-0.4, -0.2) is 29.8 Å². The van der Waals surface area contributed by atoms with Gasteiger partial charge in [0.25, 0.3) is 0 Å². The molecule has 0 radical (unpaired) electrons. The monoisotopic (exact) mass is 1910 g/mol. The minimum atomic E-state index is -1.06. The van der Waals surface area contributed by atoms with E-state index in [1.165, 1.54) is 277 Å². The lowest BCUT2D eigenvalue weighted by molar-refractivity contribution is -0.141. The summed E-state index contributed by atoms with van der Waals surface area (Å²) in [4.78, 5) is 61.6. The molecule has 742 valence electrons. The maximum absolute atomic E-state index is 13.7. The zero-order valence-electron chi connectivity index (χ0n) is 82.4. The van der Waals surface area contributed by atoms with Crippen LogP contribution in [0.3, 0.4) is 0 Å². The van der Waals surface area contributed by atoms with Gasteiger partial charge in [0, 0.05) is 36.4 Å². The first kappa shape index (κ1) is 109. The van der Waals surface area contributed by atoms with E-state index in [0.717, 1.165) is 154 Å². The van der Waals surface area contributed by atoms with Crippen molar-refractivity contribution in [1.82, 2.24) is 0 Å². The molecule has 0 amide bonds. The Balaban J connectivity index is 0.000000168. The summed E-state index contributed by atoms with van der Waals surface area (Å²) in [5.74, 6) is 2.49. The van der Waals surface area contributed by atoms with Gasteiger partial charge in [-0.1, -0.05) is 212 Å². The minimum Gasteiger partial charge on any atom is -0.426 e. The number of esters is 5. The molecule has 7 aliphatic rings. The second-order valence-corrected chi connectivity index (χ2v) is 40.2. The first-order chi connectivity index (χ1) is 67.9. The average molecular weight is 1910 g/mol. The molecule has 0 saturated heterocycles. The third kappa shape index (κ3) is 33.4. The highest BCUT2D eigenvalue weighted by Gasteiger charge is 2.34. The SMILES string of the molecule is CCC1CCC(c2ccc(C(=O)Oc3ccc(C#N)c(F)c3)cc2)CC1.CCCC1CCC(CCC2CCC(C(=O)Oc3ccc(C#N)c(F)c3)CC2)CC1.CCCC1CCC(c2ccc(C(=O)Oc3cc(F)c(C#N)c(F)c3)cc2)CC1.CCCC1CCC(c2ccc(C(=O)Oc3ccc(C#N)c(F)c3)cc2)CC1.CCCCC1CCC(CCC2CCC(C(=O)Oc3ccc(C#N)c(F)c3)CC2)CC1. The third-order valence-corrected chi connectivity index (χ3v) is 30.7. The molecule has 0 N–H and O–H groups in total. The fourth-order valence-electron chi connectivity index (χ4n) is 22.0. The summed E-state index contributed by atoms with van der Waals surface area (Å²) in [5.41, 5.74) is 4.00. The molecule has 8 aromatic carbocycles. The van der Waals surface area contributed by atoms with Crippen molar-refractivity contribution < 1.29 is 74.0 Å². The van der Waals surface area contributed by atoms with Gasteiger partial charge in [-0.3, -0.25) is 9.59 Å². The van der Waals surface area contributed by atoms with Crippen molar-refractivity contribution in [2.45, 2.75) is 322 Å². The fraction of sp³-hybridized carbons (Fsp3) is 0.513. The van der Waals surface area contributed by atoms with Gasteiger partial charge in [0.15, 0.2) is 0 Å². The number of rotatable bonds is 29. The predicted octanol–water partition coefficient (Wildman–Crippen LogP) is 31.7. The fourth-order valence-corrected chi connectivity index (χ4v) is 22.0. The van der Waals surface area contributed by atoms with E-state index in [4.69, 9.17) is 50.0 Å². The van der Waals surface area contributed by atoms with Crippen molar-refractivity contribution in [2.75, 3.05) is 0 Å². The number of ether oxygens (including phenoxy) is 5. The van der Waals surface area contributed by atoms with Crippen molar-refractivity contribution >= 4 is 29.8 Å². The van der Waals surface area contributed by atoms with E-state index in [1.54, 1.807) is 60.7 Å². The lowest BCUT2D eigenvalue weighted by Gasteiger charge is -2.31. The van der Waals surface area contributed by atoms with E-state index < -0.39 is 58.4 Å². The van der Waals surface area contributed by atoms with Crippen LogP contribution in [0.15, 0.2) is 158 Å². The minimum absolute atomic E-state index is 0.0373. The summed E-state index contributed by atoms with van der Waals surface area (Å²) < 4.78 is 108. The highest BCUT2D eigenvalue weighted by atomic mass is 19.2. The first-order valence-corrected chi connectivity index (χ1v) is 52.0. The van der Waals surface area contributed by atoms with Gasteiger partial charge in [-0.15, -0.1) is 0 Å². The van der Waals surface area contributed by atoms with Crippen molar-refractivity contribution in [3.05, 3.63) is 254 Å². The van der Waals surface area contributed by atoms with Crippen LogP contribution in [0.5, 0.6) is 28.7 Å². The number of carbonyl (C=O) groups excluding carboxylic acids is 5. The average Bonchev–Trinajstić information content (AvgIpc) is 0.828. The Kier molecular flexibility index (Phi) is 43.8. The molecule has 15 nitrogen and oxygen atoms in total. The standard InChI is InChI=1S/C26H36FNO2.C25H34FNO2.C23H23F2NO2.C23H24FNO2.C22H22FNO2/c1-2-3-4-19-5-7-20(8-6-19)9-10-21-11-13-22(14-12-21)26(29)30-24-16-15-23(18-28)25(27)17-24;1-2-3-18-4-6-19(7-5-18)8-9-20-10-12-21(13-11-20)25(28)29-23-15-14-22(17-27)24(26)16-23;1-2-3-15-4-6-16(7-5-15)17-8-10-18(11-9-17)23(27)28-19-12-21(24)20(14-26)22(25)13-19;1-2-3-16-4-6-17(7-5-16)18-8-10-19(11-9-18)23(26)27-21-13-12-20(15-25)22(24)14-21;1-2-15-3-5-16(6-4-15)17-7-9-18(10-8-17)22(25)26-20-12-11-19(14-24)21(23)13-20/h15-17,19-22H,2-14H2,1H3;14-16,18-21H,2-13H2,1H3;8-13,15-16H,2-7H2,1H3;8-14,16-17H,2-7H2,1H3;7-13,15-16H,2-6H2,1H3.